The van der Waals surface area contributed by atoms with E-state index >= 15 is 0 Å². The van der Waals surface area contributed by atoms with E-state index in [-0.39, 0.29) is 0 Å². The fourth-order valence-electron chi connectivity index (χ4n) is 4.68. The van der Waals surface area contributed by atoms with Gasteiger partial charge in [-0.15, -0.1) is 0 Å². The van der Waals surface area contributed by atoms with Crippen LogP contribution >= 0.6 is 0 Å². The van der Waals surface area contributed by atoms with Crippen LogP contribution in [-0.4, -0.2) is 29.2 Å². The van der Waals surface area contributed by atoms with Gasteiger partial charge in [-0.05, 0) is 42.4 Å². The number of fused-ring (bicyclic) bond motifs is 2. The van der Waals surface area contributed by atoms with E-state index in [2.05, 4.69) is 59.5 Å². The number of ether oxygens (including phenoxy) is 1. The summed E-state index contributed by atoms with van der Waals surface area (Å²) in [4.78, 5) is 2.61. The molecule has 0 amide bonds. The topological polar surface area (TPSA) is 32.7 Å². The van der Waals surface area contributed by atoms with Gasteiger partial charge in [0.2, 0.25) is 0 Å². The number of hydrogen-bond donors (Lipinski definition) is 1. The van der Waals surface area contributed by atoms with Gasteiger partial charge in [0.05, 0.1) is 12.2 Å². The Balaban J connectivity index is 1.50. The van der Waals surface area contributed by atoms with Crippen LogP contribution in [0, 0.1) is 0 Å². The van der Waals surface area contributed by atoms with Crippen LogP contribution in [0.3, 0.4) is 0 Å². The highest BCUT2D eigenvalue weighted by Gasteiger charge is 2.48. The minimum atomic E-state index is -0.690. The van der Waals surface area contributed by atoms with E-state index in [0.29, 0.717) is 18.7 Å². The monoisotopic (exact) mass is 337 g/mol. The Labute approximate surface area is 150 Å². The van der Waals surface area contributed by atoms with Gasteiger partial charge in [-0.25, -0.2) is 0 Å². The molecule has 2 aromatic rings. The lowest BCUT2D eigenvalue weighted by Crippen LogP contribution is -2.49. The van der Waals surface area contributed by atoms with Crippen molar-refractivity contribution in [2.24, 2.45) is 0 Å². The third kappa shape index (κ3) is 3.37. The third-order valence-corrected chi connectivity index (χ3v) is 5.93. The molecule has 0 aliphatic carbocycles. The summed E-state index contributed by atoms with van der Waals surface area (Å²) in [6.07, 6.45) is 4.06. The van der Waals surface area contributed by atoms with Crippen LogP contribution in [0.25, 0.3) is 0 Å². The number of hydrogen-bond acceptors (Lipinski definition) is 3. The van der Waals surface area contributed by atoms with Crippen LogP contribution in [0.1, 0.15) is 42.4 Å². The Hall–Kier alpha value is -1.68. The average Bonchev–Trinajstić information content (AvgIpc) is 2.87. The molecule has 2 fully saturated rings. The summed E-state index contributed by atoms with van der Waals surface area (Å²) in [6.45, 7) is 1.62. The molecule has 0 spiro atoms. The first-order valence-electron chi connectivity index (χ1n) is 9.28. The Morgan fingerprint density at radius 1 is 0.960 bits per heavy atom. The van der Waals surface area contributed by atoms with Gasteiger partial charge in [-0.2, -0.15) is 0 Å². The van der Waals surface area contributed by atoms with Gasteiger partial charge in [0.25, 0.3) is 0 Å². The van der Waals surface area contributed by atoms with Gasteiger partial charge >= 0.3 is 0 Å². The predicted octanol–water partition coefficient (Wildman–Crippen LogP) is 3.85. The van der Waals surface area contributed by atoms with Crippen LogP contribution in [-0.2, 0) is 23.5 Å². The van der Waals surface area contributed by atoms with E-state index in [1.165, 1.54) is 18.4 Å². The molecular weight excluding hydrogens is 310 g/mol. The summed E-state index contributed by atoms with van der Waals surface area (Å²) in [7, 11) is 1.71. The van der Waals surface area contributed by atoms with Crippen molar-refractivity contribution >= 4 is 0 Å². The smallest absolute Gasteiger partial charge is 0.0926 e. The van der Waals surface area contributed by atoms with Crippen molar-refractivity contribution in [1.82, 2.24) is 4.90 Å². The van der Waals surface area contributed by atoms with Gasteiger partial charge in [-0.3, -0.25) is 4.90 Å². The van der Waals surface area contributed by atoms with Crippen LogP contribution in [0.4, 0.5) is 0 Å². The summed E-state index contributed by atoms with van der Waals surface area (Å²) in [5.41, 5.74) is 2.89. The number of benzene rings is 2. The van der Waals surface area contributed by atoms with E-state index in [0.717, 1.165) is 30.5 Å². The number of aliphatic hydroxyl groups is 1. The molecule has 25 heavy (non-hydrogen) atoms. The quantitative estimate of drug-likeness (QED) is 0.899. The zero-order valence-electron chi connectivity index (χ0n) is 14.9. The molecule has 2 aliphatic rings. The van der Waals surface area contributed by atoms with Gasteiger partial charge in [0, 0.05) is 25.7 Å². The van der Waals surface area contributed by atoms with Crippen LogP contribution < -0.4 is 0 Å². The van der Waals surface area contributed by atoms with E-state index < -0.39 is 5.60 Å². The Morgan fingerprint density at radius 2 is 1.60 bits per heavy atom. The fourth-order valence-corrected chi connectivity index (χ4v) is 4.68. The summed E-state index contributed by atoms with van der Waals surface area (Å²) < 4.78 is 5.18. The van der Waals surface area contributed by atoms with Crippen LogP contribution in [0.2, 0.25) is 0 Å². The lowest BCUT2D eigenvalue weighted by Gasteiger charge is -2.44. The largest absolute Gasteiger partial charge is 0.385 e. The SMILES string of the molecule is COCc1ccc(C2(O)CC3CCC(C2)N3Cc2ccccc2)cc1. The molecule has 0 saturated carbocycles. The van der Waals surface area contributed by atoms with Crippen LogP contribution in [0.15, 0.2) is 54.6 Å². The average molecular weight is 337 g/mol. The predicted molar refractivity (Wildman–Crippen MR) is 99.1 cm³/mol. The summed E-state index contributed by atoms with van der Waals surface area (Å²) in [5.74, 6) is 0. The molecule has 3 heteroatoms. The summed E-state index contributed by atoms with van der Waals surface area (Å²) in [5, 5.41) is 11.4. The molecule has 0 radical (unpaired) electrons. The van der Waals surface area contributed by atoms with Gasteiger partial charge in [-0.1, -0.05) is 54.6 Å². The molecule has 0 aromatic heterocycles. The second-order valence-corrected chi connectivity index (χ2v) is 7.61. The second-order valence-electron chi connectivity index (χ2n) is 7.61. The zero-order chi connectivity index (χ0) is 17.3. The minimum absolute atomic E-state index is 0.475. The molecule has 2 aromatic carbocycles. The molecule has 3 nitrogen and oxygen atoms in total. The van der Waals surface area contributed by atoms with Crippen LogP contribution in [0.5, 0.6) is 0 Å². The lowest BCUT2D eigenvalue weighted by atomic mass is 9.80. The third-order valence-electron chi connectivity index (χ3n) is 5.93. The molecule has 2 aliphatic heterocycles. The first-order valence-corrected chi connectivity index (χ1v) is 9.28. The van der Waals surface area contributed by atoms with Crippen molar-refractivity contribution in [2.45, 2.75) is 56.5 Å². The minimum Gasteiger partial charge on any atom is -0.385 e. The van der Waals surface area contributed by atoms with Crippen molar-refractivity contribution in [2.75, 3.05) is 7.11 Å². The molecule has 2 atom stereocenters. The van der Waals surface area contributed by atoms with Gasteiger partial charge in [0.1, 0.15) is 0 Å². The molecule has 2 unspecified atom stereocenters. The zero-order valence-corrected chi connectivity index (χ0v) is 14.9. The van der Waals surface area contributed by atoms with E-state index in [4.69, 9.17) is 4.74 Å². The molecule has 1 N–H and O–H groups in total. The number of piperidine rings is 1. The Bertz CT molecular complexity index is 684. The van der Waals surface area contributed by atoms with Crippen molar-refractivity contribution in [3.8, 4) is 0 Å². The molecule has 2 bridgehead atoms. The van der Waals surface area contributed by atoms with Gasteiger partial charge < -0.3 is 9.84 Å². The Kier molecular flexibility index (Phi) is 4.63. The first kappa shape index (κ1) is 16.8. The summed E-state index contributed by atoms with van der Waals surface area (Å²) in [6, 6.07) is 20.0. The maximum absolute atomic E-state index is 11.4. The molecule has 2 heterocycles. The highest BCUT2D eigenvalue weighted by molar-refractivity contribution is 5.29. The number of methoxy groups -OCH3 is 1. The maximum Gasteiger partial charge on any atom is 0.0926 e. The first-order chi connectivity index (χ1) is 12.2. The van der Waals surface area contributed by atoms with Crippen molar-refractivity contribution in [3.63, 3.8) is 0 Å². The van der Waals surface area contributed by atoms with Crippen molar-refractivity contribution in [3.05, 3.63) is 71.3 Å². The maximum atomic E-state index is 11.4. The lowest BCUT2D eigenvalue weighted by molar-refractivity contribution is -0.0595. The van der Waals surface area contributed by atoms with Crippen molar-refractivity contribution < 1.29 is 9.84 Å². The second kappa shape index (κ2) is 6.91. The summed E-state index contributed by atoms with van der Waals surface area (Å²) >= 11 is 0. The fraction of sp³-hybridized carbons (Fsp3) is 0.455. The van der Waals surface area contributed by atoms with E-state index in [1.54, 1.807) is 7.11 Å². The van der Waals surface area contributed by atoms with Gasteiger partial charge in [0.15, 0.2) is 0 Å². The molecule has 2 saturated heterocycles. The molecule has 132 valence electrons. The molecular formula is C22H27NO2. The number of nitrogens with zero attached hydrogens (tertiary/aromatic N) is 1. The Morgan fingerprint density at radius 3 is 2.20 bits per heavy atom. The van der Waals surface area contributed by atoms with E-state index in [9.17, 15) is 5.11 Å². The number of rotatable bonds is 5. The van der Waals surface area contributed by atoms with Crippen molar-refractivity contribution in [1.29, 1.82) is 0 Å². The standard InChI is InChI=1S/C22H27NO2/c1-25-16-18-7-9-19(10-8-18)22(24)13-20-11-12-21(14-22)23(20)15-17-5-3-2-4-6-17/h2-10,20-21,24H,11-16H2,1H3. The molecule has 4 rings (SSSR count). The highest BCUT2D eigenvalue weighted by atomic mass is 16.5. The normalized spacial score (nSPS) is 29.0. The highest BCUT2D eigenvalue weighted by Crippen LogP contribution is 2.46. The van der Waals surface area contributed by atoms with E-state index in [1.807, 2.05) is 0 Å².